The zero-order valence-electron chi connectivity index (χ0n) is 7.60. The Morgan fingerprint density at radius 3 is 2.58 bits per heavy atom. The molecule has 2 bridgehead atoms. The molecule has 0 aromatic heterocycles. The summed E-state index contributed by atoms with van der Waals surface area (Å²) in [5.41, 5.74) is 0. The number of ether oxygens (including phenoxy) is 1. The average Bonchev–Trinajstić information content (AvgIpc) is 2.56. The SMILES string of the molecule is CC1C2CC3C1C(O)O[C@H]3C2C. The van der Waals surface area contributed by atoms with Crippen molar-refractivity contribution < 1.29 is 9.84 Å². The zero-order chi connectivity index (χ0) is 8.46. The molecule has 2 nitrogen and oxygen atoms in total. The molecule has 0 aromatic carbocycles. The molecule has 3 aliphatic rings. The van der Waals surface area contributed by atoms with Crippen LogP contribution in [0.4, 0.5) is 0 Å². The quantitative estimate of drug-likeness (QED) is 0.589. The van der Waals surface area contributed by atoms with E-state index in [-0.39, 0.29) is 0 Å². The van der Waals surface area contributed by atoms with Crippen LogP contribution in [0.2, 0.25) is 0 Å². The summed E-state index contributed by atoms with van der Waals surface area (Å²) >= 11 is 0. The van der Waals surface area contributed by atoms with Crippen LogP contribution in [-0.4, -0.2) is 17.5 Å². The van der Waals surface area contributed by atoms with Gasteiger partial charge in [-0.25, -0.2) is 0 Å². The van der Waals surface area contributed by atoms with Gasteiger partial charge in [-0.2, -0.15) is 0 Å². The predicted octanol–water partition coefficient (Wildman–Crippen LogP) is 1.24. The normalized spacial score (nSPS) is 67.8. The first kappa shape index (κ1) is 7.34. The van der Waals surface area contributed by atoms with Crippen molar-refractivity contribution in [2.24, 2.45) is 29.6 Å². The maximum Gasteiger partial charge on any atom is 0.158 e. The van der Waals surface area contributed by atoms with Crippen molar-refractivity contribution in [2.45, 2.75) is 32.7 Å². The maximum atomic E-state index is 9.66. The number of aliphatic hydroxyl groups is 1. The lowest BCUT2D eigenvalue weighted by Gasteiger charge is -2.28. The molecule has 1 N–H and O–H groups in total. The first-order chi connectivity index (χ1) is 5.70. The molecule has 2 heteroatoms. The van der Waals surface area contributed by atoms with E-state index in [1.54, 1.807) is 0 Å². The van der Waals surface area contributed by atoms with Gasteiger partial charge in [0.15, 0.2) is 6.29 Å². The van der Waals surface area contributed by atoms with Gasteiger partial charge in [-0.3, -0.25) is 0 Å². The second kappa shape index (κ2) is 2.05. The Balaban J connectivity index is 2.01. The summed E-state index contributed by atoms with van der Waals surface area (Å²) < 4.78 is 5.58. The number of hydrogen-bond donors (Lipinski definition) is 1. The highest BCUT2D eigenvalue weighted by Gasteiger charge is 2.62. The lowest BCUT2D eigenvalue weighted by Crippen LogP contribution is -2.30. The van der Waals surface area contributed by atoms with Gasteiger partial charge < -0.3 is 9.84 Å². The van der Waals surface area contributed by atoms with Gasteiger partial charge in [-0.15, -0.1) is 0 Å². The summed E-state index contributed by atoms with van der Waals surface area (Å²) in [5.74, 6) is 3.31. The molecule has 7 atom stereocenters. The summed E-state index contributed by atoms with van der Waals surface area (Å²) in [5, 5.41) is 9.66. The van der Waals surface area contributed by atoms with Crippen LogP contribution in [0.5, 0.6) is 0 Å². The van der Waals surface area contributed by atoms with Gasteiger partial charge in [0.1, 0.15) is 0 Å². The standard InChI is InChI=1S/C10H16O2/c1-4-6-3-7-8(4)10(11)12-9(7)5(6)2/h4-11H,3H2,1-2H3/t4?,5?,6?,7?,8?,9-,10?/m0/s1. The largest absolute Gasteiger partial charge is 0.368 e. The van der Waals surface area contributed by atoms with E-state index in [1.807, 2.05) is 0 Å². The van der Waals surface area contributed by atoms with Gasteiger partial charge in [0.25, 0.3) is 0 Å². The molecule has 2 aliphatic carbocycles. The van der Waals surface area contributed by atoms with E-state index in [4.69, 9.17) is 4.74 Å². The van der Waals surface area contributed by atoms with E-state index in [2.05, 4.69) is 13.8 Å². The average molecular weight is 168 g/mol. The van der Waals surface area contributed by atoms with E-state index in [0.717, 1.165) is 5.92 Å². The van der Waals surface area contributed by atoms with Crippen molar-refractivity contribution in [2.75, 3.05) is 0 Å². The highest BCUT2D eigenvalue weighted by Crippen LogP contribution is 2.61. The summed E-state index contributed by atoms with van der Waals surface area (Å²) in [6, 6.07) is 0. The predicted molar refractivity (Wildman–Crippen MR) is 44.3 cm³/mol. The van der Waals surface area contributed by atoms with Crippen molar-refractivity contribution in [1.29, 1.82) is 0 Å². The molecule has 0 spiro atoms. The molecule has 6 unspecified atom stereocenters. The summed E-state index contributed by atoms with van der Waals surface area (Å²) in [6.07, 6.45) is 1.23. The molecule has 2 saturated carbocycles. The number of aliphatic hydroxyl groups excluding tert-OH is 1. The molecule has 1 aliphatic heterocycles. The molecule has 12 heavy (non-hydrogen) atoms. The van der Waals surface area contributed by atoms with Crippen LogP contribution in [0.1, 0.15) is 20.3 Å². The lowest BCUT2D eigenvalue weighted by molar-refractivity contribution is -0.110. The van der Waals surface area contributed by atoms with Crippen molar-refractivity contribution in [3.05, 3.63) is 0 Å². The Hall–Kier alpha value is -0.0800. The molecule has 0 radical (unpaired) electrons. The number of rotatable bonds is 0. The second-order valence-corrected chi connectivity index (χ2v) is 4.85. The fourth-order valence-corrected chi connectivity index (χ4v) is 3.99. The third-order valence-electron chi connectivity index (χ3n) is 4.56. The fraction of sp³-hybridized carbons (Fsp3) is 1.00. The van der Waals surface area contributed by atoms with Gasteiger partial charge in [-0.05, 0) is 30.1 Å². The summed E-state index contributed by atoms with van der Waals surface area (Å²) in [4.78, 5) is 0. The minimum atomic E-state index is -0.454. The zero-order valence-corrected chi connectivity index (χ0v) is 7.60. The van der Waals surface area contributed by atoms with E-state index in [0.29, 0.717) is 29.8 Å². The highest BCUT2D eigenvalue weighted by atomic mass is 16.6. The third-order valence-corrected chi connectivity index (χ3v) is 4.56. The summed E-state index contributed by atoms with van der Waals surface area (Å²) in [6.45, 7) is 4.56. The molecule has 3 fully saturated rings. The molecular weight excluding hydrogens is 152 g/mol. The van der Waals surface area contributed by atoms with Gasteiger partial charge in [0.2, 0.25) is 0 Å². The third kappa shape index (κ3) is 0.612. The van der Waals surface area contributed by atoms with Crippen molar-refractivity contribution >= 4 is 0 Å². The number of hydrogen-bond acceptors (Lipinski definition) is 2. The highest BCUT2D eigenvalue weighted by molar-refractivity contribution is 5.07. The van der Waals surface area contributed by atoms with E-state index < -0.39 is 6.29 Å². The Morgan fingerprint density at radius 1 is 1.17 bits per heavy atom. The van der Waals surface area contributed by atoms with Gasteiger partial charge in [0, 0.05) is 5.92 Å². The maximum absolute atomic E-state index is 9.66. The van der Waals surface area contributed by atoms with E-state index in [9.17, 15) is 5.11 Å². The topological polar surface area (TPSA) is 29.5 Å². The van der Waals surface area contributed by atoms with Crippen molar-refractivity contribution in [1.82, 2.24) is 0 Å². The Bertz CT molecular complexity index is 212. The lowest BCUT2D eigenvalue weighted by atomic mass is 9.76. The smallest absolute Gasteiger partial charge is 0.158 e. The molecule has 0 aromatic rings. The molecule has 1 heterocycles. The van der Waals surface area contributed by atoms with Gasteiger partial charge >= 0.3 is 0 Å². The van der Waals surface area contributed by atoms with Gasteiger partial charge in [0.05, 0.1) is 6.10 Å². The molecular formula is C10H16O2. The molecule has 68 valence electrons. The van der Waals surface area contributed by atoms with Crippen LogP contribution < -0.4 is 0 Å². The van der Waals surface area contributed by atoms with Crippen LogP contribution in [0.3, 0.4) is 0 Å². The van der Waals surface area contributed by atoms with E-state index >= 15 is 0 Å². The summed E-state index contributed by atoms with van der Waals surface area (Å²) in [7, 11) is 0. The monoisotopic (exact) mass is 168 g/mol. The van der Waals surface area contributed by atoms with Crippen molar-refractivity contribution in [3.8, 4) is 0 Å². The van der Waals surface area contributed by atoms with Gasteiger partial charge in [-0.1, -0.05) is 13.8 Å². The Morgan fingerprint density at radius 2 is 1.92 bits per heavy atom. The minimum Gasteiger partial charge on any atom is -0.368 e. The molecule has 3 rings (SSSR count). The van der Waals surface area contributed by atoms with Crippen molar-refractivity contribution in [3.63, 3.8) is 0 Å². The van der Waals surface area contributed by atoms with Crippen LogP contribution in [-0.2, 0) is 4.74 Å². The van der Waals surface area contributed by atoms with E-state index in [1.165, 1.54) is 6.42 Å². The minimum absolute atomic E-state index is 0.381. The molecule has 0 amide bonds. The van der Waals surface area contributed by atoms with Crippen LogP contribution in [0.15, 0.2) is 0 Å². The van der Waals surface area contributed by atoms with Crippen LogP contribution in [0.25, 0.3) is 0 Å². The second-order valence-electron chi connectivity index (χ2n) is 4.85. The molecule has 1 saturated heterocycles. The number of fused-ring (bicyclic) bond motifs is 1. The van der Waals surface area contributed by atoms with Crippen LogP contribution >= 0.6 is 0 Å². The first-order valence-electron chi connectivity index (χ1n) is 5.03. The fourth-order valence-electron chi connectivity index (χ4n) is 3.99. The Kier molecular flexibility index (Phi) is 1.25. The van der Waals surface area contributed by atoms with Crippen LogP contribution in [0, 0.1) is 29.6 Å². The Labute approximate surface area is 72.9 Å². The first-order valence-corrected chi connectivity index (χ1v) is 5.03.